The van der Waals surface area contributed by atoms with Crippen molar-refractivity contribution in [2.45, 2.75) is 11.8 Å². The molecule has 3 rings (SSSR count). The number of nitrogens with zero attached hydrogens (tertiary/aromatic N) is 2. The minimum atomic E-state index is -0.0235. The van der Waals surface area contributed by atoms with Gasteiger partial charge in [0.1, 0.15) is 11.3 Å². The summed E-state index contributed by atoms with van der Waals surface area (Å²) in [4.78, 5) is 22.3. The Hall–Kier alpha value is -2.09. The van der Waals surface area contributed by atoms with Crippen LogP contribution >= 0.6 is 23.1 Å². The van der Waals surface area contributed by atoms with Crippen LogP contribution in [-0.4, -0.2) is 51.4 Å². The number of hydrogen-bond acceptors (Lipinski definition) is 5. The van der Waals surface area contributed by atoms with Crippen molar-refractivity contribution in [1.29, 1.82) is 0 Å². The van der Waals surface area contributed by atoms with Crippen LogP contribution in [0.1, 0.15) is 15.9 Å². The zero-order chi connectivity index (χ0) is 20.3. The van der Waals surface area contributed by atoms with Crippen molar-refractivity contribution >= 4 is 44.4 Å². The fourth-order valence-electron chi connectivity index (χ4n) is 2.89. The quantitative estimate of drug-likeness (QED) is 0.601. The molecule has 0 radical (unpaired) electrons. The highest BCUT2D eigenvalue weighted by Crippen LogP contribution is 2.36. The van der Waals surface area contributed by atoms with E-state index < -0.39 is 0 Å². The minimum absolute atomic E-state index is 0.0235. The molecule has 3 aromatic rings. The maximum absolute atomic E-state index is 13.3. The van der Waals surface area contributed by atoms with Crippen LogP contribution in [0.2, 0.25) is 0 Å². The molecule has 1 N–H and O–H groups in total. The Balaban J connectivity index is 2.02. The Morgan fingerprint density at radius 1 is 1.21 bits per heavy atom. The van der Waals surface area contributed by atoms with Crippen LogP contribution in [0.4, 0.5) is 5.13 Å². The summed E-state index contributed by atoms with van der Waals surface area (Å²) in [5.74, 6) is 0.711. The first-order chi connectivity index (χ1) is 13.4. The lowest BCUT2D eigenvalue weighted by molar-refractivity contribution is -0.856. The van der Waals surface area contributed by atoms with E-state index >= 15 is 0 Å². The van der Waals surface area contributed by atoms with Gasteiger partial charge in [-0.15, -0.1) is 11.8 Å². The molecule has 28 heavy (non-hydrogen) atoms. The van der Waals surface area contributed by atoms with E-state index in [1.165, 1.54) is 4.90 Å². The molecule has 0 spiro atoms. The van der Waals surface area contributed by atoms with Crippen LogP contribution in [0, 0.1) is 6.92 Å². The maximum atomic E-state index is 13.3. The average molecular weight is 417 g/mol. The number of quaternary nitrogens is 1. The molecule has 0 aliphatic carbocycles. The smallest absolute Gasteiger partial charge is 0.260 e. The number of carbonyl (C=O) groups is 1. The van der Waals surface area contributed by atoms with Gasteiger partial charge in [0.05, 0.1) is 39.0 Å². The van der Waals surface area contributed by atoms with Crippen molar-refractivity contribution in [3.63, 3.8) is 0 Å². The number of thioether (sulfide) groups is 1. The summed E-state index contributed by atoms with van der Waals surface area (Å²) in [6.45, 7) is 3.49. The van der Waals surface area contributed by atoms with Crippen molar-refractivity contribution in [1.82, 2.24) is 4.98 Å². The monoisotopic (exact) mass is 416 g/mol. The fourth-order valence-corrected chi connectivity index (χ4v) is 4.37. The third kappa shape index (κ3) is 4.32. The first kappa shape index (κ1) is 20.6. The average Bonchev–Trinajstić information content (AvgIpc) is 3.14. The molecule has 148 valence electrons. The molecule has 0 fully saturated rings. The summed E-state index contributed by atoms with van der Waals surface area (Å²) in [6.07, 6.45) is 2.03. The molecule has 7 heteroatoms. The molecule has 0 aliphatic heterocycles. The molecule has 1 amide bonds. The topological polar surface area (TPSA) is 46.9 Å². The number of rotatable bonds is 7. The van der Waals surface area contributed by atoms with Crippen LogP contribution in [0.15, 0.2) is 41.3 Å². The highest BCUT2D eigenvalue weighted by atomic mass is 32.2. The zero-order valence-corrected chi connectivity index (χ0v) is 18.5. The number of aryl methyl sites for hydroxylation is 1. The number of nitrogens with one attached hydrogen (secondary N) is 1. The minimum Gasteiger partial charge on any atom is -0.494 e. The Kier molecular flexibility index (Phi) is 6.59. The second kappa shape index (κ2) is 8.94. The van der Waals surface area contributed by atoms with Gasteiger partial charge in [0.25, 0.3) is 5.91 Å². The lowest BCUT2D eigenvalue weighted by Gasteiger charge is -2.20. The first-order valence-electron chi connectivity index (χ1n) is 9.13. The van der Waals surface area contributed by atoms with Gasteiger partial charge < -0.3 is 9.64 Å². The standard InChI is InChI=1S/C21H25N3O2S2/c1-14-6-11-17(26-4)18-19(14)28-21(22-18)24(13-12-23(2)3)20(25)15-7-9-16(27-5)10-8-15/h6-11H,12-13H2,1-5H3/p+1. The number of benzene rings is 2. The molecule has 2 aromatic carbocycles. The van der Waals surface area contributed by atoms with E-state index in [0.29, 0.717) is 17.2 Å². The van der Waals surface area contributed by atoms with Crippen LogP contribution in [0.3, 0.4) is 0 Å². The lowest BCUT2D eigenvalue weighted by Crippen LogP contribution is -3.06. The second-order valence-electron chi connectivity index (χ2n) is 6.90. The van der Waals surface area contributed by atoms with Crippen LogP contribution in [-0.2, 0) is 0 Å². The lowest BCUT2D eigenvalue weighted by atomic mass is 10.2. The first-order valence-corrected chi connectivity index (χ1v) is 11.2. The van der Waals surface area contributed by atoms with Crippen LogP contribution < -0.4 is 14.5 Å². The third-order valence-electron chi connectivity index (χ3n) is 4.56. The van der Waals surface area contributed by atoms with Gasteiger partial charge in [0.15, 0.2) is 5.13 Å². The van der Waals surface area contributed by atoms with E-state index in [-0.39, 0.29) is 5.91 Å². The van der Waals surface area contributed by atoms with Crippen molar-refractivity contribution in [2.75, 3.05) is 45.5 Å². The number of thiazole rings is 1. The van der Waals surface area contributed by atoms with E-state index in [2.05, 4.69) is 21.0 Å². The van der Waals surface area contributed by atoms with Crippen molar-refractivity contribution in [3.8, 4) is 5.75 Å². The zero-order valence-electron chi connectivity index (χ0n) is 16.9. The molecule has 1 heterocycles. The predicted octanol–water partition coefficient (Wildman–Crippen LogP) is 3.13. The molecule has 0 saturated carbocycles. The summed E-state index contributed by atoms with van der Waals surface area (Å²) >= 11 is 3.21. The number of ether oxygens (including phenoxy) is 1. The third-order valence-corrected chi connectivity index (χ3v) is 6.52. The van der Waals surface area contributed by atoms with Crippen molar-refractivity contribution in [2.24, 2.45) is 0 Å². The largest absolute Gasteiger partial charge is 0.494 e. The molecule has 1 aromatic heterocycles. The highest BCUT2D eigenvalue weighted by molar-refractivity contribution is 7.98. The van der Waals surface area contributed by atoms with Gasteiger partial charge in [-0.05, 0) is 49.1 Å². The van der Waals surface area contributed by atoms with E-state index in [9.17, 15) is 4.79 Å². The van der Waals surface area contributed by atoms with Gasteiger partial charge in [-0.3, -0.25) is 9.69 Å². The Bertz CT molecular complexity index is 968. The number of amides is 1. The second-order valence-corrected chi connectivity index (χ2v) is 8.76. The van der Waals surface area contributed by atoms with Gasteiger partial charge in [0, 0.05) is 10.5 Å². The number of methoxy groups -OCH3 is 1. The van der Waals surface area contributed by atoms with E-state index in [1.807, 2.05) is 42.7 Å². The van der Waals surface area contributed by atoms with E-state index in [0.717, 1.165) is 33.0 Å². The van der Waals surface area contributed by atoms with Gasteiger partial charge in [-0.2, -0.15) is 0 Å². The van der Waals surface area contributed by atoms with E-state index in [1.54, 1.807) is 35.1 Å². The predicted molar refractivity (Wildman–Crippen MR) is 118 cm³/mol. The molecule has 0 saturated heterocycles. The van der Waals surface area contributed by atoms with Gasteiger partial charge in [0.2, 0.25) is 0 Å². The van der Waals surface area contributed by atoms with Crippen LogP contribution in [0.25, 0.3) is 10.2 Å². The number of likely N-dealkylation sites (N-methyl/N-ethyl adjacent to an activating group) is 1. The normalized spacial score (nSPS) is 11.2. The van der Waals surface area contributed by atoms with Crippen molar-refractivity contribution in [3.05, 3.63) is 47.5 Å². The summed E-state index contributed by atoms with van der Waals surface area (Å²) < 4.78 is 6.54. The molecular weight excluding hydrogens is 390 g/mol. The summed E-state index contributed by atoms with van der Waals surface area (Å²) in [5.41, 5.74) is 2.62. The molecule has 0 bridgehead atoms. The summed E-state index contributed by atoms with van der Waals surface area (Å²) in [6, 6.07) is 11.7. The summed E-state index contributed by atoms with van der Waals surface area (Å²) in [7, 11) is 5.82. The maximum Gasteiger partial charge on any atom is 0.260 e. The molecule has 0 unspecified atom stereocenters. The number of aromatic nitrogens is 1. The van der Waals surface area contributed by atoms with Gasteiger partial charge in [-0.1, -0.05) is 17.4 Å². The Morgan fingerprint density at radius 3 is 2.54 bits per heavy atom. The number of anilines is 1. The number of carbonyl (C=O) groups excluding carboxylic acids is 1. The number of hydrogen-bond donors (Lipinski definition) is 1. The Labute approximate surface area is 174 Å². The Morgan fingerprint density at radius 2 is 1.93 bits per heavy atom. The summed E-state index contributed by atoms with van der Waals surface area (Å²) in [5, 5.41) is 0.711. The van der Waals surface area contributed by atoms with Crippen molar-refractivity contribution < 1.29 is 14.4 Å². The fraction of sp³-hybridized carbons (Fsp3) is 0.333. The molecule has 0 atom stereocenters. The van der Waals surface area contributed by atoms with Gasteiger partial charge >= 0.3 is 0 Å². The van der Waals surface area contributed by atoms with E-state index in [4.69, 9.17) is 9.72 Å². The van der Waals surface area contributed by atoms with Crippen LogP contribution in [0.5, 0.6) is 5.75 Å². The SMILES string of the molecule is COc1ccc(C)c2sc(N(CC[NH+](C)C)C(=O)c3ccc(SC)cc3)nc12. The highest BCUT2D eigenvalue weighted by Gasteiger charge is 2.23. The van der Waals surface area contributed by atoms with Gasteiger partial charge in [-0.25, -0.2) is 4.98 Å². The molecule has 0 aliphatic rings. The molecule has 5 nitrogen and oxygen atoms in total. The molecular formula is C21H26N3O2S2+. The number of fused-ring (bicyclic) bond motifs is 1.